The maximum absolute atomic E-state index is 13.3. The van der Waals surface area contributed by atoms with Crippen molar-refractivity contribution >= 4 is 29.1 Å². The predicted octanol–water partition coefficient (Wildman–Crippen LogP) is 3.27. The summed E-state index contributed by atoms with van der Waals surface area (Å²) in [6.45, 7) is 1.80. The smallest absolute Gasteiger partial charge is 0.255 e. The summed E-state index contributed by atoms with van der Waals surface area (Å²) in [6, 6.07) is 12.1. The van der Waals surface area contributed by atoms with Gasteiger partial charge in [0.25, 0.3) is 5.91 Å². The van der Waals surface area contributed by atoms with Crippen LogP contribution in [0.15, 0.2) is 53.7 Å². The quantitative estimate of drug-likeness (QED) is 0.645. The zero-order valence-corrected chi connectivity index (χ0v) is 17.3. The molecule has 0 radical (unpaired) electrons. The fraction of sp³-hybridized carbons (Fsp3) is 0.200. The third-order valence-electron chi connectivity index (χ3n) is 4.76. The van der Waals surface area contributed by atoms with Crippen molar-refractivity contribution in [2.45, 2.75) is 13.0 Å². The summed E-state index contributed by atoms with van der Waals surface area (Å²) >= 11 is 6.43. The second kappa shape index (κ2) is 8.03. The van der Waals surface area contributed by atoms with Gasteiger partial charge in [-0.1, -0.05) is 34.9 Å². The highest BCUT2D eigenvalue weighted by molar-refractivity contribution is 6.32. The van der Waals surface area contributed by atoms with Gasteiger partial charge in [0.1, 0.15) is 6.04 Å². The Morgan fingerprint density at radius 3 is 2.67 bits per heavy atom. The molecule has 1 atom stereocenters. The van der Waals surface area contributed by atoms with Crippen molar-refractivity contribution in [3.05, 3.63) is 64.3 Å². The Hall–Kier alpha value is -3.59. The molecule has 30 heavy (non-hydrogen) atoms. The Kier molecular flexibility index (Phi) is 5.28. The number of methoxy groups -OCH3 is 2. The van der Waals surface area contributed by atoms with E-state index in [4.69, 9.17) is 21.1 Å². The summed E-state index contributed by atoms with van der Waals surface area (Å²) in [5.74, 6) is 0.973. The second-order valence-electron chi connectivity index (χ2n) is 6.57. The van der Waals surface area contributed by atoms with Crippen molar-refractivity contribution in [3.63, 3.8) is 0 Å². The van der Waals surface area contributed by atoms with E-state index in [1.165, 1.54) is 18.9 Å². The van der Waals surface area contributed by atoms with Crippen LogP contribution < -0.4 is 20.1 Å². The van der Waals surface area contributed by atoms with E-state index < -0.39 is 6.04 Å². The number of tetrazole rings is 1. The number of hydrogen-bond donors (Lipinski definition) is 2. The first kappa shape index (κ1) is 19.7. The van der Waals surface area contributed by atoms with Crippen LogP contribution >= 0.6 is 11.6 Å². The number of aromatic nitrogens is 4. The molecule has 0 saturated heterocycles. The average molecular weight is 427 g/mol. The molecule has 0 fully saturated rings. The van der Waals surface area contributed by atoms with Crippen LogP contribution in [0.25, 0.3) is 0 Å². The van der Waals surface area contributed by atoms with Gasteiger partial charge in [0.15, 0.2) is 11.5 Å². The summed E-state index contributed by atoms with van der Waals surface area (Å²) in [6.07, 6.45) is 0. The van der Waals surface area contributed by atoms with E-state index in [9.17, 15) is 4.79 Å². The lowest BCUT2D eigenvalue weighted by atomic mass is 9.94. The van der Waals surface area contributed by atoms with Crippen molar-refractivity contribution in [2.24, 2.45) is 0 Å². The van der Waals surface area contributed by atoms with Crippen LogP contribution in [0.4, 0.5) is 11.6 Å². The first-order chi connectivity index (χ1) is 14.5. The molecule has 0 aliphatic carbocycles. The summed E-state index contributed by atoms with van der Waals surface area (Å²) in [5, 5.41) is 18.2. The number of allylic oxidation sites excluding steroid dienone is 1. The number of carbonyl (C=O) groups is 1. The Labute approximate surface area is 177 Å². The topological polar surface area (TPSA) is 103 Å². The number of hydrogen-bond acceptors (Lipinski definition) is 7. The molecule has 4 rings (SSSR count). The molecule has 3 aromatic rings. The minimum absolute atomic E-state index is 0.289. The van der Waals surface area contributed by atoms with Crippen molar-refractivity contribution in [3.8, 4) is 11.5 Å². The lowest BCUT2D eigenvalue weighted by Crippen LogP contribution is -2.31. The number of carbonyl (C=O) groups excluding carboxylic acids is 1. The van der Waals surface area contributed by atoms with Crippen molar-refractivity contribution in [1.82, 2.24) is 20.2 Å². The van der Waals surface area contributed by atoms with Gasteiger partial charge >= 0.3 is 0 Å². The van der Waals surface area contributed by atoms with Crippen LogP contribution in [0, 0.1) is 0 Å². The third kappa shape index (κ3) is 3.43. The van der Waals surface area contributed by atoms with E-state index in [2.05, 4.69) is 26.2 Å². The highest BCUT2D eigenvalue weighted by Crippen LogP contribution is 2.42. The monoisotopic (exact) mass is 426 g/mol. The molecule has 9 nitrogen and oxygen atoms in total. The lowest BCUT2D eigenvalue weighted by molar-refractivity contribution is -0.113. The Morgan fingerprint density at radius 2 is 1.97 bits per heavy atom. The Morgan fingerprint density at radius 1 is 1.20 bits per heavy atom. The largest absolute Gasteiger partial charge is 0.493 e. The molecular weight excluding hydrogens is 408 g/mol. The number of nitrogens with one attached hydrogen (secondary N) is 2. The van der Waals surface area contributed by atoms with Crippen LogP contribution in [0.1, 0.15) is 18.5 Å². The molecule has 2 heterocycles. The number of anilines is 2. The summed E-state index contributed by atoms with van der Waals surface area (Å²) in [7, 11) is 3.03. The molecule has 154 valence electrons. The van der Waals surface area contributed by atoms with E-state index in [0.29, 0.717) is 45.0 Å². The van der Waals surface area contributed by atoms with E-state index in [0.717, 1.165) is 0 Å². The first-order valence-electron chi connectivity index (χ1n) is 9.07. The zero-order chi connectivity index (χ0) is 21.3. The summed E-state index contributed by atoms with van der Waals surface area (Å²) in [4.78, 5) is 13.3. The molecule has 0 saturated carbocycles. The highest BCUT2D eigenvalue weighted by atomic mass is 35.5. The van der Waals surface area contributed by atoms with Crippen molar-refractivity contribution in [1.29, 1.82) is 0 Å². The molecular formula is C20H19ClN6O3. The van der Waals surface area contributed by atoms with Crippen LogP contribution in [0.3, 0.4) is 0 Å². The van der Waals surface area contributed by atoms with Gasteiger partial charge in [-0.25, -0.2) is 0 Å². The van der Waals surface area contributed by atoms with Gasteiger partial charge in [-0.15, -0.1) is 0 Å². The highest BCUT2D eigenvalue weighted by Gasteiger charge is 2.35. The number of fused-ring (bicyclic) bond motifs is 1. The van der Waals surface area contributed by atoms with Crippen molar-refractivity contribution < 1.29 is 14.3 Å². The molecule has 1 aliphatic rings. The van der Waals surface area contributed by atoms with Crippen LogP contribution in [0.2, 0.25) is 5.02 Å². The molecule has 1 aromatic heterocycles. The van der Waals surface area contributed by atoms with Crippen LogP contribution in [-0.4, -0.2) is 40.3 Å². The summed E-state index contributed by atoms with van der Waals surface area (Å²) < 4.78 is 12.3. The minimum atomic E-state index is -0.628. The summed E-state index contributed by atoms with van der Waals surface area (Å²) in [5.41, 5.74) is 2.42. The second-order valence-corrected chi connectivity index (χ2v) is 6.98. The van der Waals surface area contributed by atoms with E-state index in [1.807, 2.05) is 30.3 Å². The maximum Gasteiger partial charge on any atom is 0.255 e. The number of halogens is 1. The molecule has 0 spiro atoms. The molecule has 10 heteroatoms. The standard InChI is InChI=1S/C20H19ClN6O3/c1-11-16(19(28)23-13-7-5-4-6-8-13)17(27-20(22-11)24-25-26-27)12-9-14(21)18(30-3)15(10-12)29-2/h4-10,17H,1-3H3,(H,23,28)(H,22,24,26). The molecule has 2 N–H and O–H groups in total. The molecule has 2 aromatic carbocycles. The van der Waals surface area contributed by atoms with Crippen molar-refractivity contribution in [2.75, 3.05) is 24.9 Å². The van der Waals surface area contributed by atoms with Gasteiger partial charge in [0, 0.05) is 11.4 Å². The zero-order valence-electron chi connectivity index (χ0n) is 16.5. The van der Waals surface area contributed by atoms with E-state index in [1.54, 1.807) is 19.1 Å². The van der Waals surface area contributed by atoms with Gasteiger partial charge in [-0.3, -0.25) is 4.79 Å². The van der Waals surface area contributed by atoms with E-state index >= 15 is 0 Å². The van der Waals surface area contributed by atoms with Gasteiger partial charge in [-0.2, -0.15) is 4.68 Å². The minimum Gasteiger partial charge on any atom is -0.493 e. The number of amides is 1. The van der Waals surface area contributed by atoms with Crippen LogP contribution in [0.5, 0.6) is 11.5 Å². The number of benzene rings is 2. The number of nitrogens with zero attached hydrogens (tertiary/aromatic N) is 4. The predicted molar refractivity (Wildman–Crippen MR) is 112 cm³/mol. The fourth-order valence-corrected chi connectivity index (χ4v) is 3.73. The van der Waals surface area contributed by atoms with Gasteiger partial charge < -0.3 is 20.1 Å². The Balaban J connectivity index is 1.83. The molecule has 1 aliphatic heterocycles. The maximum atomic E-state index is 13.3. The van der Waals surface area contributed by atoms with Gasteiger partial charge in [-0.05, 0) is 47.2 Å². The molecule has 0 bridgehead atoms. The first-order valence-corrected chi connectivity index (χ1v) is 9.44. The van der Waals surface area contributed by atoms with Gasteiger partial charge in [0.2, 0.25) is 5.95 Å². The van der Waals surface area contributed by atoms with Crippen LogP contribution in [-0.2, 0) is 4.79 Å². The lowest BCUT2D eigenvalue weighted by Gasteiger charge is -2.28. The third-order valence-corrected chi connectivity index (χ3v) is 5.04. The Bertz CT molecular complexity index is 1130. The normalized spacial score (nSPS) is 15.3. The molecule has 1 amide bonds. The van der Waals surface area contributed by atoms with E-state index in [-0.39, 0.29) is 5.91 Å². The SMILES string of the molecule is COc1cc(C2C(C(=O)Nc3ccccc3)=C(C)Nc3nnnn32)cc(Cl)c1OC. The fourth-order valence-electron chi connectivity index (χ4n) is 3.43. The van der Waals surface area contributed by atoms with Gasteiger partial charge in [0.05, 0.1) is 24.8 Å². The molecule has 1 unspecified atom stereocenters. The number of para-hydroxylation sites is 1. The number of rotatable bonds is 5. The number of ether oxygens (including phenoxy) is 2. The average Bonchev–Trinajstić information content (AvgIpc) is 3.20.